The van der Waals surface area contributed by atoms with E-state index in [0.29, 0.717) is 49.2 Å². The van der Waals surface area contributed by atoms with Crippen molar-refractivity contribution in [3.63, 3.8) is 0 Å². The van der Waals surface area contributed by atoms with E-state index in [4.69, 9.17) is 10.5 Å². The average Bonchev–Trinajstić information content (AvgIpc) is 3.43. The first-order valence-corrected chi connectivity index (χ1v) is 22.8. The molecule has 0 unspecified atom stereocenters. The highest BCUT2D eigenvalue weighted by atomic mass is 32.2. The molecule has 11 atom stereocenters. The molecule has 5 saturated carbocycles. The summed E-state index contributed by atoms with van der Waals surface area (Å²) in [6.45, 7) is 25.6. The number of carboxylic acids is 1. The molecule has 10 heteroatoms. The summed E-state index contributed by atoms with van der Waals surface area (Å²) >= 11 is 0. The minimum atomic E-state index is -2.95. The number of carbonyl (C=O) groups excluding carboxylic acids is 1. The van der Waals surface area contributed by atoms with Crippen molar-refractivity contribution >= 4 is 21.8 Å². The van der Waals surface area contributed by atoms with Gasteiger partial charge in [-0.3, -0.25) is 14.5 Å². The Hall–Kier alpha value is -1.49. The topological polar surface area (TPSA) is 139 Å². The summed E-state index contributed by atoms with van der Waals surface area (Å²) in [5, 5.41) is 13.6. The molecule has 6 rings (SSSR count). The second-order valence-electron chi connectivity index (χ2n) is 21.1. The highest BCUT2D eigenvalue weighted by Gasteiger charge is 2.71. The fraction of sp³-hybridized carbons (Fsp3) is 0.907. The second kappa shape index (κ2) is 14.2. The van der Waals surface area contributed by atoms with E-state index in [1.807, 2.05) is 13.8 Å². The van der Waals surface area contributed by atoms with Crippen molar-refractivity contribution in [3.05, 3.63) is 12.2 Å². The fourth-order valence-electron chi connectivity index (χ4n) is 14.5. The van der Waals surface area contributed by atoms with E-state index in [-0.39, 0.29) is 69.7 Å². The Morgan fingerprint density at radius 2 is 1.60 bits per heavy atom. The molecule has 6 aliphatic rings. The number of nitrogens with zero attached hydrogens (tertiary/aromatic N) is 1. The number of allylic oxidation sites excluding steroid dienone is 1. The van der Waals surface area contributed by atoms with Crippen LogP contribution in [0.2, 0.25) is 0 Å². The lowest BCUT2D eigenvalue weighted by Gasteiger charge is -2.73. The maximum atomic E-state index is 13.3. The number of nitrogens with one attached hydrogen (secondary N) is 1. The van der Waals surface area contributed by atoms with Crippen molar-refractivity contribution in [2.24, 2.45) is 62.4 Å². The minimum absolute atomic E-state index is 0.0519. The van der Waals surface area contributed by atoms with E-state index in [1.54, 1.807) is 0 Å². The molecule has 4 N–H and O–H groups in total. The Balaban J connectivity index is 1.21. The number of hydrogen-bond donors (Lipinski definition) is 3. The van der Waals surface area contributed by atoms with Crippen LogP contribution in [0.15, 0.2) is 12.2 Å². The summed E-state index contributed by atoms with van der Waals surface area (Å²) in [4.78, 5) is 27.0. The van der Waals surface area contributed by atoms with Crippen LogP contribution in [0.5, 0.6) is 0 Å². The summed E-state index contributed by atoms with van der Waals surface area (Å²) in [5.41, 5.74) is 7.51. The molecule has 53 heavy (non-hydrogen) atoms. The van der Waals surface area contributed by atoms with E-state index < -0.39 is 21.2 Å². The highest BCUT2D eigenvalue weighted by molar-refractivity contribution is 7.91. The Morgan fingerprint density at radius 3 is 2.23 bits per heavy atom. The van der Waals surface area contributed by atoms with Gasteiger partial charge in [0.2, 0.25) is 0 Å². The maximum Gasteiger partial charge on any atom is 0.306 e. The van der Waals surface area contributed by atoms with Gasteiger partial charge in [0.25, 0.3) is 0 Å². The lowest BCUT2D eigenvalue weighted by Crippen LogP contribution is -2.69. The van der Waals surface area contributed by atoms with Gasteiger partial charge >= 0.3 is 11.9 Å². The van der Waals surface area contributed by atoms with Gasteiger partial charge < -0.3 is 20.9 Å². The molecule has 0 aromatic heterocycles. The largest absolute Gasteiger partial charge is 0.481 e. The SMILES string of the molecule is C=C(C)[C@@H]1CC[C@]2(NC[C@H](CN)N3CCS(=O)(=O)CC3)CC[C@]3(C)[C@H](CC[C@@H]4[C@@]5(C)CC[C@H](OC(=O)CC(C)(C)CC(=O)O)C(C)(C)[C@@H]5CC[C@]43C)[C@@H]12. The van der Waals surface area contributed by atoms with Crippen LogP contribution in [0.25, 0.3) is 0 Å². The number of ether oxygens (including phenoxy) is 1. The Morgan fingerprint density at radius 1 is 0.925 bits per heavy atom. The molecular formula is C43H73N3O6S. The van der Waals surface area contributed by atoms with Crippen molar-refractivity contribution in [2.75, 3.05) is 37.7 Å². The molecular weight excluding hydrogens is 687 g/mol. The molecule has 1 aliphatic heterocycles. The van der Waals surface area contributed by atoms with E-state index in [9.17, 15) is 23.1 Å². The van der Waals surface area contributed by atoms with Crippen molar-refractivity contribution < 1.29 is 27.9 Å². The van der Waals surface area contributed by atoms with Crippen LogP contribution < -0.4 is 11.1 Å². The normalized spacial score (nSPS) is 42.7. The van der Waals surface area contributed by atoms with Gasteiger partial charge in [0.05, 0.1) is 24.3 Å². The smallest absolute Gasteiger partial charge is 0.306 e. The Kier molecular flexibility index (Phi) is 11.0. The molecule has 0 amide bonds. The molecule has 302 valence electrons. The maximum absolute atomic E-state index is 13.3. The zero-order valence-corrected chi connectivity index (χ0v) is 35.2. The van der Waals surface area contributed by atoms with Crippen LogP contribution in [0.3, 0.4) is 0 Å². The first-order chi connectivity index (χ1) is 24.5. The van der Waals surface area contributed by atoms with E-state index in [2.05, 4.69) is 58.3 Å². The third kappa shape index (κ3) is 7.09. The van der Waals surface area contributed by atoms with Crippen molar-refractivity contribution in [3.8, 4) is 0 Å². The average molecular weight is 760 g/mol. The second-order valence-corrected chi connectivity index (χ2v) is 23.4. The molecule has 9 nitrogen and oxygen atoms in total. The summed E-state index contributed by atoms with van der Waals surface area (Å²) in [5.74, 6) is 1.98. The number of aliphatic carboxylic acids is 1. The van der Waals surface area contributed by atoms with Crippen LogP contribution in [0.4, 0.5) is 0 Å². The van der Waals surface area contributed by atoms with Gasteiger partial charge in [-0.2, -0.15) is 0 Å². The Bertz CT molecular complexity index is 1530. The van der Waals surface area contributed by atoms with E-state index >= 15 is 0 Å². The van der Waals surface area contributed by atoms with E-state index in [1.165, 1.54) is 37.7 Å². The lowest BCUT2D eigenvalue weighted by molar-refractivity contribution is -0.246. The molecule has 0 bridgehead atoms. The van der Waals surface area contributed by atoms with Gasteiger partial charge in [-0.15, -0.1) is 0 Å². The number of sulfone groups is 1. The molecule has 0 aromatic carbocycles. The standard InChI is InChI=1S/C43H73N3O6S/c1-28(2)30-12-17-43(45-27-29(26-44)46-20-22-53(50,51)23-21-46)19-18-41(8)31(37(30)43)10-11-33-40(7)15-14-34(39(5,6)32(40)13-16-42(33,41)9)52-36(49)25-38(3,4)24-35(47)48/h29-34,37,45H,1,10-27,44H2,2-9H3,(H,47,48)/t29-,30-,31+,32-,33+,34-,37+,40-,41+,42+,43-/m0/s1. The fourth-order valence-corrected chi connectivity index (χ4v) is 15.7. The van der Waals surface area contributed by atoms with E-state index in [0.717, 1.165) is 38.6 Å². The molecule has 5 aliphatic carbocycles. The third-order valence-corrected chi connectivity index (χ3v) is 19.0. The number of esters is 1. The zero-order chi connectivity index (χ0) is 39.0. The monoisotopic (exact) mass is 760 g/mol. The number of nitrogens with two attached hydrogens (primary N) is 1. The lowest BCUT2D eigenvalue weighted by atomic mass is 9.32. The molecule has 1 heterocycles. The summed E-state index contributed by atoms with van der Waals surface area (Å²) in [6.07, 6.45) is 11.3. The summed E-state index contributed by atoms with van der Waals surface area (Å²) in [6, 6.07) is 0.134. The molecule has 0 spiro atoms. The zero-order valence-electron chi connectivity index (χ0n) is 34.4. The van der Waals surface area contributed by atoms with Gasteiger partial charge in [0.15, 0.2) is 9.84 Å². The van der Waals surface area contributed by atoms with Crippen LogP contribution in [0.1, 0.15) is 132 Å². The Labute approximate surface area is 321 Å². The van der Waals surface area contributed by atoms with Crippen LogP contribution in [-0.2, 0) is 24.2 Å². The number of hydrogen-bond acceptors (Lipinski definition) is 8. The summed E-state index contributed by atoms with van der Waals surface area (Å²) in [7, 11) is -2.95. The first-order valence-electron chi connectivity index (χ1n) is 21.0. The van der Waals surface area contributed by atoms with Gasteiger partial charge in [0.1, 0.15) is 6.10 Å². The number of fused-ring (bicyclic) bond motifs is 7. The van der Waals surface area contributed by atoms with Gasteiger partial charge in [-0.25, -0.2) is 8.42 Å². The number of rotatable bonds is 11. The van der Waals surface area contributed by atoms with Crippen molar-refractivity contribution in [2.45, 2.75) is 150 Å². The first kappa shape index (κ1) is 41.2. The predicted molar refractivity (Wildman–Crippen MR) is 211 cm³/mol. The highest BCUT2D eigenvalue weighted by Crippen LogP contribution is 2.76. The molecule has 6 fully saturated rings. The number of carboxylic acid groups (broad SMARTS) is 1. The van der Waals surface area contributed by atoms with Gasteiger partial charge in [-0.05, 0) is 122 Å². The quantitative estimate of drug-likeness (QED) is 0.153. The summed E-state index contributed by atoms with van der Waals surface area (Å²) < 4.78 is 30.7. The third-order valence-electron chi connectivity index (χ3n) is 17.4. The van der Waals surface area contributed by atoms with Crippen LogP contribution in [0, 0.1) is 56.7 Å². The van der Waals surface area contributed by atoms with Crippen LogP contribution >= 0.6 is 0 Å². The van der Waals surface area contributed by atoms with Gasteiger partial charge in [0, 0.05) is 43.2 Å². The van der Waals surface area contributed by atoms with Crippen molar-refractivity contribution in [1.29, 1.82) is 0 Å². The minimum Gasteiger partial charge on any atom is -0.481 e. The molecule has 0 aromatic rings. The molecule has 1 saturated heterocycles. The molecule has 0 radical (unpaired) electrons. The van der Waals surface area contributed by atoms with Crippen LogP contribution in [-0.4, -0.2) is 85.7 Å². The number of carbonyl (C=O) groups is 2. The predicted octanol–water partition coefficient (Wildman–Crippen LogP) is 6.85. The van der Waals surface area contributed by atoms with Crippen molar-refractivity contribution in [1.82, 2.24) is 10.2 Å². The van der Waals surface area contributed by atoms with Gasteiger partial charge in [-0.1, -0.05) is 60.6 Å².